The number of carboxylic acid groups (broad SMARTS) is 1. The molecule has 0 spiro atoms. The summed E-state index contributed by atoms with van der Waals surface area (Å²) < 4.78 is 0. The van der Waals surface area contributed by atoms with E-state index in [-0.39, 0.29) is 17.5 Å². The smallest absolute Gasteiger partial charge is 0.335 e. The quantitative estimate of drug-likeness (QED) is 0.794. The summed E-state index contributed by atoms with van der Waals surface area (Å²) in [6.07, 6.45) is 0.346. The van der Waals surface area contributed by atoms with Crippen molar-refractivity contribution in [2.45, 2.75) is 26.4 Å². The number of aliphatic hydroxyl groups is 1. The summed E-state index contributed by atoms with van der Waals surface area (Å²) in [7, 11) is 0. The molecule has 1 heterocycles. The van der Waals surface area contributed by atoms with E-state index in [4.69, 9.17) is 5.11 Å². The first-order chi connectivity index (χ1) is 9.88. The Morgan fingerprint density at radius 1 is 1.43 bits per heavy atom. The summed E-state index contributed by atoms with van der Waals surface area (Å²) in [4.78, 5) is 24.8. The van der Waals surface area contributed by atoms with Crippen LogP contribution in [0.2, 0.25) is 0 Å². The van der Waals surface area contributed by atoms with E-state index >= 15 is 0 Å². The number of aryl methyl sites for hydroxylation is 1. The van der Waals surface area contributed by atoms with E-state index < -0.39 is 12.1 Å². The van der Waals surface area contributed by atoms with Crippen LogP contribution in [0.25, 0.3) is 0 Å². The maximum Gasteiger partial charge on any atom is 0.335 e. The van der Waals surface area contributed by atoms with Crippen LogP contribution in [0.3, 0.4) is 0 Å². The van der Waals surface area contributed by atoms with Crippen LogP contribution in [0, 0.1) is 12.8 Å². The van der Waals surface area contributed by atoms with Gasteiger partial charge in [0.15, 0.2) is 0 Å². The van der Waals surface area contributed by atoms with Gasteiger partial charge in [0.1, 0.15) is 0 Å². The number of hydrogen-bond acceptors (Lipinski definition) is 3. The van der Waals surface area contributed by atoms with Gasteiger partial charge < -0.3 is 20.4 Å². The first kappa shape index (κ1) is 15.3. The molecule has 2 amide bonds. The summed E-state index contributed by atoms with van der Waals surface area (Å²) in [6, 6.07) is 4.37. The Labute approximate surface area is 123 Å². The number of carbonyl (C=O) groups excluding carboxylic acids is 1. The van der Waals surface area contributed by atoms with Crippen molar-refractivity contribution in [3.63, 3.8) is 0 Å². The standard InChI is InChI=1S/C15H20N2O4/c1-9-3-4-11(14(19)20)7-13(9)16-15(21)17-6-5-12(8-17)10(2)18/h3-4,7,10,12,18H,5-6,8H2,1-2H3,(H,16,21)(H,19,20). The van der Waals surface area contributed by atoms with E-state index in [2.05, 4.69) is 5.32 Å². The summed E-state index contributed by atoms with van der Waals surface area (Å²) in [5.41, 5.74) is 1.44. The first-order valence-electron chi connectivity index (χ1n) is 6.96. The Kier molecular flexibility index (Phi) is 4.47. The average molecular weight is 292 g/mol. The molecule has 1 aromatic rings. The second-order valence-electron chi connectivity index (χ2n) is 5.50. The molecular formula is C15H20N2O4. The molecule has 0 saturated carbocycles. The molecule has 3 N–H and O–H groups in total. The molecule has 1 aromatic carbocycles. The fraction of sp³-hybridized carbons (Fsp3) is 0.467. The van der Waals surface area contributed by atoms with Crippen LogP contribution in [-0.2, 0) is 0 Å². The molecule has 6 nitrogen and oxygen atoms in total. The Morgan fingerprint density at radius 3 is 2.71 bits per heavy atom. The van der Waals surface area contributed by atoms with Crippen molar-refractivity contribution in [1.82, 2.24) is 4.90 Å². The van der Waals surface area contributed by atoms with Crippen molar-refractivity contribution < 1.29 is 19.8 Å². The number of anilines is 1. The summed E-state index contributed by atoms with van der Waals surface area (Å²) >= 11 is 0. The molecule has 1 aliphatic heterocycles. The zero-order chi connectivity index (χ0) is 15.6. The molecule has 1 fully saturated rings. The molecular weight excluding hydrogens is 272 g/mol. The van der Waals surface area contributed by atoms with Crippen LogP contribution in [-0.4, -0.2) is 46.3 Å². The van der Waals surface area contributed by atoms with Gasteiger partial charge in [0.05, 0.1) is 11.7 Å². The molecule has 21 heavy (non-hydrogen) atoms. The highest BCUT2D eigenvalue weighted by atomic mass is 16.4. The summed E-state index contributed by atoms with van der Waals surface area (Å²) in [5.74, 6) is -0.928. The molecule has 0 aliphatic carbocycles. The number of nitrogens with one attached hydrogen (secondary N) is 1. The van der Waals surface area contributed by atoms with E-state index in [1.807, 2.05) is 6.92 Å². The number of amides is 2. The molecule has 114 valence electrons. The van der Waals surface area contributed by atoms with E-state index in [9.17, 15) is 14.7 Å². The largest absolute Gasteiger partial charge is 0.478 e. The molecule has 1 saturated heterocycles. The second-order valence-corrected chi connectivity index (χ2v) is 5.50. The van der Waals surface area contributed by atoms with Crippen LogP contribution in [0.4, 0.5) is 10.5 Å². The minimum absolute atomic E-state index is 0.0993. The average Bonchev–Trinajstić information content (AvgIpc) is 2.90. The topological polar surface area (TPSA) is 89.9 Å². The molecule has 0 aromatic heterocycles. The molecule has 6 heteroatoms. The van der Waals surface area contributed by atoms with Crippen LogP contribution in [0.5, 0.6) is 0 Å². The molecule has 2 atom stereocenters. The number of aromatic carboxylic acids is 1. The third-order valence-electron chi connectivity index (χ3n) is 3.92. The minimum Gasteiger partial charge on any atom is -0.478 e. The van der Waals surface area contributed by atoms with Gasteiger partial charge in [-0.3, -0.25) is 0 Å². The van der Waals surface area contributed by atoms with Crippen molar-refractivity contribution in [3.8, 4) is 0 Å². The Balaban J connectivity index is 2.06. The van der Waals surface area contributed by atoms with Gasteiger partial charge in [0, 0.05) is 24.7 Å². The normalized spacial score (nSPS) is 19.4. The third kappa shape index (κ3) is 3.52. The van der Waals surface area contributed by atoms with Gasteiger partial charge in [-0.2, -0.15) is 0 Å². The number of carbonyl (C=O) groups is 2. The zero-order valence-electron chi connectivity index (χ0n) is 12.2. The monoisotopic (exact) mass is 292 g/mol. The van der Waals surface area contributed by atoms with Gasteiger partial charge in [0.25, 0.3) is 0 Å². The van der Waals surface area contributed by atoms with Gasteiger partial charge in [0.2, 0.25) is 0 Å². The Bertz CT molecular complexity index is 557. The van der Waals surface area contributed by atoms with E-state index in [0.717, 1.165) is 12.0 Å². The number of benzene rings is 1. The van der Waals surface area contributed by atoms with Gasteiger partial charge in [-0.15, -0.1) is 0 Å². The highest BCUT2D eigenvalue weighted by Gasteiger charge is 2.29. The number of likely N-dealkylation sites (tertiary alicyclic amines) is 1. The lowest BCUT2D eigenvalue weighted by Crippen LogP contribution is -2.34. The highest BCUT2D eigenvalue weighted by molar-refractivity contribution is 5.94. The van der Waals surface area contributed by atoms with Gasteiger partial charge in [-0.25, -0.2) is 9.59 Å². The fourth-order valence-electron chi connectivity index (χ4n) is 2.45. The predicted octanol–water partition coefficient (Wildman–Crippen LogP) is 1.93. The first-order valence-corrected chi connectivity index (χ1v) is 6.96. The van der Waals surface area contributed by atoms with Gasteiger partial charge in [-0.05, 0) is 38.0 Å². The van der Waals surface area contributed by atoms with Crippen LogP contribution in [0.15, 0.2) is 18.2 Å². The second kappa shape index (κ2) is 6.13. The molecule has 1 aliphatic rings. The van der Waals surface area contributed by atoms with E-state index in [1.165, 1.54) is 12.1 Å². The van der Waals surface area contributed by atoms with Crippen molar-refractivity contribution in [3.05, 3.63) is 29.3 Å². The summed E-state index contributed by atoms with van der Waals surface area (Å²) in [6.45, 7) is 4.65. The van der Waals surface area contributed by atoms with Gasteiger partial charge >= 0.3 is 12.0 Å². The number of carboxylic acids is 1. The lowest BCUT2D eigenvalue weighted by molar-refractivity contribution is 0.0697. The number of rotatable bonds is 3. The van der Waals surface area contributed by atoms with E-state index in [1.54, 1.807) is 17.9 Å². The maximum absolute atomic E-state index is 12.2. The van der Waals surface area contributed by atoms with Crippen molar-refractivity contribution >= 4 is 17.7 Å². The number of urea groups is 1. The third-order valence-corrected chi connectivity index (χ3v) is 3.92. The van der Waals surface area contributed by atoms with Crippen LogP contribution >= 0.6 is 0 Å². The van der Waals surface area contributed by atoms with Crippen LogP contribution in [0.1, 0.15) is 29.3 Å². The Morgan fingerprint density at radius 2 is 2.14 bits per heavy atom. The van der Waals surface area contributed by atoms with Crippen molar-refractivity contribution in [2.75, 3.05) is 18.4 Å². The van der Waals surface area contributed by atoms with E-state index in [0.29, 0.717) is 18.8 Å². The predicted molar refractivity (Wildman–Crippen MR) is 78.5 cm³/mol. The lowest BCUT2D eigenvalue weighted by atomic mass is 10.0. The highest BCUT2D eigenvalue weighted by Crippen LogP contribution is 2.22. The SMILES string of the molecule is Cc1ccc(C(=O)O)cc1NC(=O)N1CCC(C(C)O)C1. The molecule has 2 rings (SSSR count). The number of aliphatic hydroxyl groups excluding tert-OH is 1. The lowest BCUT2D eigenvalue weighted by Gasteiger charge is -2.19. The maximum atomic E-state index is 12.2. The van der Waals surface area contributed by atoms with Crippen molar-refractivity contribution in [1.29, 1.82) is 0 Å². The molecule has 2 unspecified atom stereocenters. The summed E-state index contributed by atoms with van der Waals surface area (Å²) in [5, 5.41) is 21.3. The minimum atomic E-state index is -1.03. The Hall–Kier alpha value is -2.08. The van der Waals surface area contributed by atoms with Crippen molar-refractivity contribution in [2.24, 2.45) is 5.92 Å². The fourth-order valence-corrected chi connectivity index (χ4v) is 2.45. The molecule has 0 bridgehead atoms. The number of hydrogen-bond donors (Lipinski definition) is 3. The number of nitrogens with zero attached hydrogens (tertiary/aromatic N) is 1. The van der Waals surface area contributed by atoms with Crippen LogP contribution < -0.4 is 5.32 Å². The van der Waals surface area contributed by atoms with Gasteiger partial charge in [-0.1, -0.05) is 6.07 Å². The molecule has 0 radical (unpaired) electrons. The zero-order valence-corrected chi connectivity index (χ0v) is 12.2.